The van der Waals surface area contributed by atoms with E-state index in [0.717, 1.165) is 17.9 Å². The molecule has 0 aliphatic rings. The fraction of sp³-hybridized carbons (Fsp3) is 0.533. The van der Waals surface area contributed by atoms with Crippen molar-refractivity contribution in [2.75, 3.05) is 27.2 Å². The number of rotatable bonds is 6. The van der Waals surface area contributed by atoms with Gasteiger partial charge in [0, 0.05) is 13.1 Å². The molecule has 0 heterocycles. The second kappa shape index (κ2) is 7.14. The first-order chi connectivity index (χ1) is 8.90. The molecule has 1 N–H and O–H groups in total. The molecule has 0 aromatic heterocycles. The maximum absolute atomic E-state index is 11.9. The van der Waals surface area contributed by atoms with Gasteiger partial charge in [-0.25, -0.2) is 0 Å². The predicted molar refractivity (Wildman–Crippen MR) is 77.6 cm³/mol. The first kappa shape index (κ1) is 15.5. The van der Waals surface area contributed by atoms with Crippen LogP contribution in [-0.2, 0) is 4.79 Å². The molecule has 19 heavy (non-hydrogen) atoms. The van der Waals surface area contributed by atoms with Crippen LogP contribution in [-0.4, -0.2) is 44.1 Å². The van der Waals surface area contributed by atoms with Crippen LogP contribution in [0, 0.1) is 13.8 Å². The molecule has 1 aromatic carbocycles. The van der Waals surface area contributed by atoms with Crippen LogP contribution in [0.15, 0.2) is 18.2 Å². The maximum atomic E-state index is 11.9. The number of ether oxygens (including phenoxy) is 1. The summed E-state index contributed by atoms with van der Waals surface area (Å²) in [5.41, 5.74) is 2.24. The smallest absolute Gasteiger partial charge is 0.260 e. The van der Waals surface area contributed by atoms with E-state index < -0.39 is 6.10 Å². The van der Waals surface area contributed by atoms with Crippen molar-refractivity contribution in [3.63, 3.8) is 0 Å². The summed E-state index contributed by atoms with van der Waals surface area (Å²) in [5, 5.41) is 2.86. The molecule has 0 spiro atoms. The summed E-state index contributed by atoms with van der Waals surface area (Å²) in [6.07, 6.45) is -0.483. The van der Waals surface area contributed by atoms with E-state index in [9.17, 15) is 4.79 Å². The highest BCUT2D eigenvalue weighted by Crippen LogP contribution is 2.19. The average Bonchev–Trinajstić information content (AvgIpc) is 2.32. The fourth-order valence-electron chi connectivity index (χ4n) is 1.72. The Hall–Kier alpha value is -1.55. The van der Waals surface area contributed by atoms with Crippen LogP contribution in [0.2, 0.25) is 0 Å². The Morgan fingerprint density at radius 2 is 2.05 bits per heavy atom. The van der Waals surface area contributed by atoms with Gasteiger partial charge in [-0.05, 0) is 46.5 Å². The highest BCUT2D eigenvalue weighted by molar-refractivity contribution is 5.80. The first-order valence-electron chi connectivity index (χ1n) is 6.56. The third kappa shape index (κ3) is 5.30. The zero-order valence-electron chi connectivity index (χ0n) is 12.5. The van der Waals surface area contributed by atoms with Gasteiger partial charge < -0.3 is 15.0 Å². The van der Waals surface area contributed by atoms with E-state index in [2.05, 4.69) is 5.32 Å². The second-order valence-corrected chi connectivity index (χ2v) is 5.12. The lowest BCUT2D eigenvalue weighted by molar-refractivity contribution is -0.127. The molecule has 0 aliphatic heterocycles. The number of nitrogens with one attached hydrogen (secondary N) is 1. The van der Waals surface area contributed by atoms with E-state index in [1.165, 1.54) is 5.56 Å². The molecule has 0 bridgehead atoms. The molecule has 0 fully saturated rings. The minimum atomic E-state index is -0.483. The Morgan fingerprint density at radius 3 is 2.63 bits per heavy atom. The van der Waals surface area contributed by atoms with Crippen molar-refractivity contribution in [3.05, 3.63) is 29.3 Å². The van der Waals surface area contributed by atoms with Crippen LogP contribution in [0.3, 0.4) is 0 Å². The van der Waals surface area contributed by atoms with Crippen LogP contribution in [0.25, 0.3) is 0 Å². The Labute approximate surface area is 115 Å². The van der Waals surface area contributed by atoms with Gasteiger partial charge in [-0.2, -0.15) is 0 Å². The molecule has 1 aromatic rings. The van der Waals surface area contributed by atoms with Gasteiger partial charge >= 0.3 is 0 Å². The normalized spacial score (nSPS) is 12.3. The lowest BCUT2D eigenvalue weighted by Crippen LogP contribution is -2.39. The number of carbonyl (C=O) groups excluding carboxylic acids is 1. The molecular weight excluding hydrogens is 240 g/mol. The van der Waals surface area contributed by atoms with Gasteiger partial charge in [0.15, 0.2) is 6.10 Å². The Kier molecular flexibility index (Phi) is 5.83. The van der Waals surface area contributed by atoms with Gasteiger partial charge in [-0.15, -0.1) is 0 Å². The molecular formula is C15H24N2O2. The topological polar surface area (TPSA) is 41.6 Å². The standard InChI is InChI=1S/C15H24N2O2/c1-11-6-7-14(12(2)10-11)19-13(3)15(18)16-8-9-17(4)5/h6-7,10,13H,8-9H2,1-5H3,(H,16,18)/t13-/m0/s1. The van der Waals surface area contributed by atoms with E-state index in [-0.39, 0.29) is 5.91 Å². The second-order valence-electron chi connectivity index (χ2n) is 5.12. The quantitative estimate of drug-likeness (QED) is 0.851. The largest absolute Gasteiger partial charge is 0.481 e. The summed E-state index contributed by atoms with van der Waals surface area (Å²) < 4.78 is 5.69. The molecule has 106 valence electrons. The van der Waals surface area contributed by atoms with Crippen molar-refractivity contribution in [3.8, 4) is 5.75 Å². The third-order valence-corrected chi connectivity index (χ3v) is 2.86. The fourth-order valence-corrected chi connectivity index (χ4v) is 1.72. The van der Waals surface area contributed by atoms with Gasteiger partial charge in [-0.3, -0.25) is 4.79 Å². The summed E-state index contributed by atoms with van der Waals surface area (Å²) in [6.45, 7) is 7.24. The average molecular weight is 264 g/mol. The lowest BCUT2D eigenvalue weighted by atomic mass is 10.1. The minimum Gasteiger partial charge on any atom is -0.481 e. The number of hydrogen-bond acceptors (Lipinski definition) is 3. The minimum absolute atomic E-state index is 0.0816. The van der Waals surface area contributed by atoms with Crippen LogP contribution in [0.5, 0.6) is 5.75 Å². The highest BCUT2D eigenvalue weighted by Gasteiger charge is 2.15. The Bertz CT molecular complexity index is 430. The van der Waals surface area contributed by atoms with Crippen molar-refractivity contribution >= 4 is 5.91 Å². The van der Waals surface area contributed by atoms with Crippen molar-refractivity contribution in [2.45, 2.75) is 26.9 Å². The summed E-state index contributed by atoms with van der Waals surface area (Å²) in [6, 6.07) is 5.94. The SMILES string of the molecule is Cc1ccc(O[C@@H](C)C(=O)NCCN(C)C)c(C)c1. The number of benzene rings is 1. The van der Waals surface area contributed by atoms with E-state index in [1.54, 1.807) is 6.92 Å². The maximum Gasteiger partial charge on any atom is 0.260 e. The van der Waals surface area contributed by atoms with Crippen LogP contribution in [0.4, 0.5) is 0 Å². The van der Waals surface area contributed by atoms with E-state index in [0.29, 0.717) is 6.54 Å². The number of carbonyl (C=O) groups is 1. The molecule has 0 saturated heterocycles. The summed E-state index contributed by atoms with van der Waals surface area (Å²) >= 11 is 0. The Morgan fingerprint density at radius 1 is 1.37 bits per heavy atom. The summed E-state index contributed by atoms with van der Waals surface area (Å²) in [7, 11) is 3.95. The molecule has 4 nitrogen and oxygen atoms in total. The number of likely N-dealkylation sites (N-methyl/N-ethyl adjacent to an activating group) is 1. The molecule has 1 rings (SSSR count). The first-order valence-corrected chi connectivity index (χ1v) is 6.56. The van der Waals surface area contributed by atoms with E-state index in [4.69, 9.17) is 4.74 Å². The van der Waals surface area contributed by atoms with Crippen LogP contribution < -0.4 is 10.1 Å². The zero-order chi connectivity index (χ0) is 14.4. The number of hydrogen-bond donors (Lipinski definition) is 1. The molecule has 4 heteroatoms. The van der Waals surface area contributed by atoms with Crippen LogP contribution >= 0.6 is 0 Å². The monoisotopic (exact) mass is 264 g/mol. The molecule has 1 atom stereocenters. The van der Waals surface area contributed by atoms with Crippen LogP contribution in [0.1, 0.15) is 18.1 Å². The van der Waals surface area contributed by atoms with Gasteiger partial charge in [-0.1, -0.05) is 17.7 Å². The molecule has 0 saturated carbocycles. The molecule has 0 radical (unpaired) electrons. The van der Waals surface area contributed by atoms with Gasteiger partial charge in [0.1, 0.15) is 5.75 Å². The number of nitrogens with zero attached hydrogens (tertiary/aromatic N) is 1. The van der Waals surface area contributed by atoms with Gasteiger partial charge in [0.25, 0.3) is 5.91 Å². The van der Waals surface area contributed by atoms with Crippen molar-refractivity contribution < 1.29 is 9.53 Å². The number of amides is 1. The van der Waals surface area contributed by atoms with E-state index in [1.807, 2.05) is 51.0 Å². The third-order valence-electron chi connectivity index (χ3n) is 2.86. The van der Waals surface area contributed by atoms with Crippen molar-refractivity contribution in [2.24, 2.45) is 0 Å². The van der Waals surface area contributed by atoms with Crippen molar-refractivity contribution in [1.29, 1.82) is 0 Å². The zero-order valence-corrected chi connectivity index (χ0v) is 12.5. The van der Waals surface area contributed by atoms with E-state index >= 15 is 0 Å². The van der Waals surface area contributed by atoms with Crippen molar-refractivity contribution in [1.82, 2.24) is 10.2 Å². The lowest BCUT2D eigenvalue weighted by Gasteiger charge is -2.17. The van der Waals surface area contributed by atoms with Gasteiger partial charge in [0.2, 0.25) is 0 Å². The molecule has 0 aliphatic carbocycles. The predicted octanol–water partition coefficient (Wildman–Crippen LogP) is 1.75. The highest BCUT2D eigenvalue weighted by atomic mass is 16.5. The Balaban J connectivity index is 2.49. The molecule has 1 amide bonds. The van der Waals surface area contributed by atoms with Gasteiger partial charge in [0.05, 0.1) is 0 Å². The summed E-state index contributed by atoms with van der Waals surface area (Å²) in [5.74, 6) is 0.683. The summed E-state index contributed by atoms with van der Waals surface area (Å²) in [4.78, 5) is 13.9. The number of aryl methyl sites for hydroxylation is 2. The molecule has 0 unspecified atom stereocenters.